The minimum Gasteiger partial charge on any atom is -0.437 e. The van der Waals surface area contributed by atoms with Crippen molar-refractivity contribution < 1.29 is 4.74 Å². The number of nitrogens with zero attached hydrogens (tertiary/aromatic N) is 2. The molecule has 0 bridgehead atoms. The molecule has 1 heterocycles. The summed E-state index contributed by atoms with van der Waals surface area (Å²) in [5.74, 6) is 1.26. The smallest absolute Gasteiger partial charge is 0.237 e. The van der Waals surface area contributed by atoms with Gasteiger partial charge in [-0.25, -0.2) is 4.98 Å². The van der Waals surface area contributed by atoms with Crippen molar-refractivity contribution in [2.24, 2.45) is 0 Å². The minimum atomic E-state index is 0.502. The molecule has 0 saturated heterocycles. The van der Waals surface area contributed by atoms with Gasteiger partial charge in [0.15, 0.2) is 0 Å². The lowest BCUT2D eigenvalue weighted by molar-refractivity contribution is 0.458. The second-order valence-corrected chi connectivity index (χ2v) is 4.99. The van der Waals surface area contributed by atoms with Crippen LogP contribution < -0.4 is 10.1 Å². The second kappa shape index (κ2) is 6.63. The second-order valence-electron chi connectivity index (χ2n) is 4.14. The molecule has 0 saturated carbocycles. The van der Waals surface area contributed by atoms with Gasteiger partial charge in [-0.3, -0.25) is 4.98 Å². The topological polar surface area (TPSA) is 47.0 Å². The van der Waals surface area contributed by atoms with Crippen LogP contribution in [0.25, 0.3) is 0 Å². The van der Waals surface area contributed by atoms with Crippen molar-refractivity contribution in [3.8, 4) is 11.6 Å². The SMILES string of the molecule is CCNCc1cnc(Oc2ccc(Br)c(C)c2)cn1. The maximum absolute atomic E-state index is 5.66. The summed E-state index contributed by atoms with van der Waals surface area (Å²) in [6.07, 6.45) is 3.37. The Kier molecular flexibility index (Phi) is 4.87. The van der Waals surface area contributed by atoms with Crippen molar-refractivity contribution in [1.82, 2.24) is 15.3 Å². The largest absolute Gasteiger partial charge is 0.437 e. The number of aryl methyl sites for hydroxylation is 1. The number of nitrogens with one attached hydrogen (secondary N) is 1. The Balaban J connectivity index is 2.04. The highest BCUT2D eigenvalue weighted by molar-refractivity contribution is 9.10. The lowest BCUT2D eigenvalue weighted by Crippen LogP contribution is -2.13. The van der Waals surface area contributed by atoms with E-state index >= 15 is 0 Å². The van der Waals surface area contributed by atoms with Gasteiger partial charge in [-0.15, -0.1) is 0 Å². The third-order valence-electron chi connectivity index (χ3n) is 2.59. The highest BCUT2D eigenvalue weighted by Crippen LogP contribution is 2.24. The molecule has 19 heavy (non-hydrogen) atoms. The molecule has 2 aromatic rings. The Labute approximate surface area is 121 Å². The third kappa shape index (κ3) is 4.01. The number of rotatable bonds is 5. The lowest BCUT2D eigenvalue weighted by Gasteiger charge is -2.07. The minimum absolute atomic E-state index is 0.502. The maximum atomic E-state index is 5.66. The van der Waals surface area contributed by atoms with Gasteiger partial charge < -0.3 is 10.1 Å². The van der Waals surface area contributed by atoms with Crippen molar-refractivity contribution in [3.63, 3.8) is 0 Å². The van der Waals surface area contributed by atoms with Crippen LogP contribution in [-0.2, 0) is 6.54 Å². The molecular formula is C14H16BrN3O. The molecule has 4 nitrogen and oxygen atoms in total. The lowest BCUT2D eigenvalue weighted by atomic mass is 10.2. The van der Waals surface area contributed by atoms with E-state index in [-0.39, 0.29) is 0 Å². The summed E-state index contributed by atoms with van der Waals surface area (Å²) in [6, 6.07) is 5.81. The van der Waals surface area contributed by atoms with E-state index in [1.54, 1.807) is 12.4 Å². The van der Waals surface area contributed by atoms with Crippen LogP contribution in [0.1, 0.15) is 18.2 Å². The van der Waals surface area contributed by atoms with E-state index < -0.39 is 0 Å². The third-order valence-corrected chi connectivity index (χ3v) is 3.48. The summed E-state index contributed by atoms with van der Waals surface area (Å²) in [7, 11) is 0. The fourth-order valence-electron chi connectivity index (χ4n) is 1.54. The van der Waals surface area contributed by atoms with Crippen molar-refractivity contribution in [1.29, 1.82) is 0 Å². The molecule has 2 rings (SSSR count). The van der Waals surface area contributed by atoms with E-state index in [2.05, 4.69) is 38.1 Å². The summed E-state index contributed by atoms with van der Waals surface area (Å²) in [6.45, 7) is 5.71. The number of halogens is 1. The van der Waals surface area contributed by atoms with E-state index in [9.17, 15) is 0 Å². The van der Waals surface area contributed by atoms with E-state index in [1.165, 1.54) is 0 Å². The van der Waals surface area contributed by atoms with Crippen LogP contribution in [0.3, 0.4) is 0 Å². The average molecular weight is 322 g/mol. The van der Waals surface area contributed by atoms with Crippen molar-refractivity contribution in [2.75, 3.05) is 6.54 Å². The molecule has 0 aliphatic heterocycles. The van der Waals surface area contributed by atoms with Crippen LogP contribution in [0.4, 0.5) is 0 Å². The van der Waals surface area contributed by atoms with Crippen molar-refractivity contribution in [3.05, 3.63) is 46.3 Å². The standard InChI is InChI=1S/C14H16BrN3O/c1-3-16-7-11-8-18-14(9-17-11)19-12-4-5-13(15)10(2)6-12/h4-6,8-9,16H,3,7H2,1-2H3. The molecule has 1 aromatic heterocycles. The van der Waals surface area contributed by atoms with Crippen LogP contribution in [0.15, 0.2) is 35.1 Å². The van der Waals surface area contributed by atoms with Gasteiger partial charge in [0.2, 0.25) is 5.88 Å². The number of hydrogen-bond acceptors (Lipinski definition) is 4. The van der Waals surface area contributed by atoms with Gasteiger partial charge >= 0.3 is 0 Å². The Bertz CT molecular complexity index is 543. The van der Waals surface area contributed by atoms with Gasteiger partial charge in [-0.05, 0) is 37.2 Å². The first kappa shape index (κ1) is 14.0. The normalized spacial score (nSPS) is 10.5. The van der Waals surface area contributed by atoms with E-state index in [0.29, 0.717) is 5.88 Å². The molecule has 0 spiro atoms. The first-order chi connectivity index (χ1) is 9.19. The summed E-state index contributed by atoms with van der Waals surface area (Å²) in [4.78, 5) is 8.54. The summed E-state index contributed by atoms with van der Waals surface area (Å²) in [5.41, 5.74) is 2.02. The Hall–Kier alpha value is -1.46. The molecule has 0 aliphatic carbocycles. The van der Waals surface area contributed by atoms with Crippen LogP contribution in [0.5, 0.6) is 11.6 Å². The summed E-state index contributed by atoms with van der Waals surface area (Å²) in [5, 5.41) is 3.20. The van der Waals surface area contributed by atoms with Gasteiger partial charge in [0.25, 0.3) is 0 Å². The predicted molar refractivity (Wildman–Crippen MR) is 78.4 cm³/mol. The van der Waals surface area contributed by atoms with Crippen LogP contribution in [-0.4, -0.2) is 16.5 Å². The number of benzene rings is 1. The van der Waals surface area contributed by atoms with Crippen LogP contribution in [0.2, 0.25) is 0 Å². The number of ether oxygens (including phenoxy) is 1. The van der Waals surface area contributed by atoms with Gasteiger partial charge in [0, 0.05) is 11.0 Å². The number of hydrogen-bond donors (Lipinski definition) is 1. The quantitative estimate of drug-likeness (QED) is 0.916. The highest BCUT2D eigenvalue weighted by atomic mass is 79.9. The van der Waals surface area contributed by atoms with Gasteiger partial charge in [-0.2, -0.15) is 0 Å². The Morgan fingerprint density at radius 1 is 1.26 bits per heavy atom. The average Bonchev–Trinajstić information content (AvgIpc) is 2.42. The van der Waals surface area contributed by atoms with E-state index in [4.69, 9.17) is 4.74 Å². The Morgan fingerprint density at radius 2 is 2.11 bits per heavy atom. The molecule has 0 aliphatic rings. The zero-order valence-corrected chi connectivity index (χ0v) is 12.6. The molecule has 1 N–H and O–H groups in total. The van der Waals surface area contributed by atoms with E-state index in [0.717, 1.165) is 34.6 Å². The zero-order valence-electron chi connectivity index (χ0n) is 11.0. The highest BCUT2D eigenvalue weighted by Gasteiger charge is 2.02. The predicted octanol–water partition coefficient (Wildman–Crippen LogP) is 3.45. The summed E-state index contributed by atoms with van der Waals surface area (Å²) < 4.78 is 6.72. The van der Waals surface area contributed by atoms with E-state index in [1.807, 2.05) is 25.1 Å². The van der Waals surface area contributed by atoms with Crippen molar-refractivity contribution >= 4 is 15.9 Å². The van der Waals surface area contributed by atoms with Crippen LogP contribution >= 0.6 is 15.9 Å². The molecule has 5 heteroatoms. The fraction of sp³-hybridized carbons (Fsp3) is 0.286. The molecular weight excluding hydrogens is 306 g/mol. The molecule has 100 valence electrons. The maximum Gasteiger partial charge on any atom is 0.237 e. The monoisotopic (exact) mass is 321 g/mol. The van der Waals surface area contributed by atoms with Gasteiger partial charge in [-0.1, -0.05) is 22.9 Å². The molecule has 0 atom stereocenters. The Morgan fingerprint density at radius 3 is 2.74 bits per heavy atom. The molecule has 0 amide bonds. The first-order valence-corrected chi connectivity index (χ1v) is 6.94. The van der Waals surface area contributed by atoms with Gasteiger partial charge in [0.1, 0.15) is 5.75 Å². The molecule has 0 radical (unpaired) electrons. The molecule has 0 fully saturated rings. The summed E-state index contributed by atoms with van der Waals surface area (Å²) >= 11 is 3.46. The molecule has 0 unspecified atom stereocenters. The fourth-order valence-corrected chi connectivity index (χ4v) is 1.79. The zero-order chi connectivity index (χ0) is 13.7. The van der Waals surface area contributed by atoms with Gasteiger partial charge in [0.05, 0.1) is 18.1 Å². The first-order valence-electron chi connectivity index (χ1n) is 6.14. The van der Waals surface area contributed by atoms with Crippen molar-refractivity contribution in [2.45, 2.75) is 20.4 Å². The number of aromatic nitrogens is 2. The van der Waals surface area contributed by atoms with Crippen LogP contribution in [0, 0.1) is 6.92 Å². The molecule has 1 aromatic carbocycles.